The van der Waals surface area contributed by atoms with Gasteiger partial charge in [-0.3, -0.25) is 0 Å². The van der Waals surface area contributed by atoms with E-state index in [4.69, 9.17) is 5.73 Å². The molecule has 0 atom stereocenters. The summed E-state index contributed by atoms with van der Waals surface area (Å²) in [6, 6.07) is 15.3. The van der Waals surface area contributed by atoms with Crippen molar-refractivity contribution in [2.75, 3.05) is 36.5 Å². The van der Waals surface area contributed by atoms with Crippen LogP contribution >= 0.6 is 0 Å². The topological polar surface area (TPSA) is 32.5 Å². The van der Waals surface area contributed by atoms with Crippen LogP contribution < -0.4 is 15.5 Å². The maximum atomic E-state index is 5.80. The number of fused-ring (bicyclic) bond motifs is 1. The molecule has 0 bridgehead atoms. The summed E-state index contributed by atoms with van der Waals surface area (Å²) in [4.78, 5) is 4.75. The number of hydrogen-bond acceptors (Lipinski definition) is 3. The van der Waals surface area contributed by atoms with Crippen molar-refractivity contribution < 1.29 is 0 Å². The zero-order valence-corrected chi connectivity index (χ0v) is 12.8. The summed E-state index contributed by atoms with van der Waals surface area (Å²) in [5, 5.41) is 0. The van der Waals surface area contributed by atoms with E-state index in [0.717, 1.165) is 19.5 Å². The van der Waals surface area contributed by atoms with E-state index in [1.807, 2.05) is 0 Å². The zero-order chi connectivity index (χ0) is 14.8. The first-order valence-corrected chi connectivity index (χ1v) is 7.58. The van der Waals surface area contributed by atoms with Crippen molar-refractivity contribution in [1.82, 2.24) is 0 Å². The Morgan fingerprint density at radius 2 is 1.76 bits per heavy atom. The summed E-state index contributed by atoms with van der Waals surface area (Å²) < 4.78 is 0. The number of nitrogens with two attached hydrogens (primary N) is 1. The molecule has 3 nitrogen and oxygen atoms in total. The molecule has 2 aromatic rings. The van der Waals surface area contributed by atoms with Crippen molar-refractivity contribution in [3.63, 3.8) is 0 Å². The molecule has 1 aliphatic rings. The van der Waals surface area contributed by atoms with Crippen LogP contribution in [0, 0.1) is 6.92 Å². The van der Waals surface area contributed by atoms with Crippen LogP contribution in [-0.2, 0) is 6.42 Å². The maximum Gasteiger partial charge on any atom is 0.0649 e. The van der Waals surface area contributed by atoms with E-state index in [1.165, 1.54) is 28.2 Å². The van der Waals surface area contributed by atoms with Gasteiger partial charge in [0.25, 0.3) is 0 Å². The Balaban J connectivity index is 2.07. The van der Waals surface area contributed by atoms with Crippen LogP contribution in [0.25, 0.3) is 0 Å². The molecule has 0 fully saturated rings. The molecule has 0 saturated carbocycles. The van der Waals surface area contributed by atoms with Gasteiger partial charge in [0.05, 0.1) is 11.4 Å². The Morgan fingerprint density at radius 1 is 1.00 bits per heavy atom. The number of likely N-dealkylation sites (N-methyl/N-ethyl adjacent to an activating group) is 1. The molecule has 0 aromatic heterocycles. The summed E-state index contributed by atoms with van der Waals surface area (Å²) in [5.41, 5.74) is 12.3. The number of anilines is 3. The summed E-state index contributed by atoms with van der Waals surface area (Å²) in [7, 11) is 2.16. The van der Waals surface area contributed by atoms with Gasteiger partial charge in [0.2, 0.25) is 0 Å². The molecule has 2 N–H and O–H groups in total. The first kappa shape index (κ1) is 14.0. The average Bonchev–Trinajstić information content (AvgIpc) is 2.49. The van der Waals surface area contributed by atoms with Gasteiger partial charge in [0, 0.05) is 25.8 Å². The Morgan fingerprint density at radius 3 is 2.52 bits per heavy atom. The molecule has 0 aliphatic carbocycles. The Labute approximate surface area is 127 Å². The van der Waals surface area contributed by atoms with Gasteiger partial charge in [0.1, 0.15) is 0 Å². The second-order valence-electron chi connectivity index (χ2n) is 5.73. The first-order valence-electron chi connectivity index (χ1n) is 7.58. The van der Waals surface area contributed by atoms with Gasteiger partial charge >= 0.3 is 0 Å². The van der Waals surface area contributed by atoms with Gasteiger partial charge in [0.15, 0.2) is 0 Å². The lowest BCUT2D eigenvalue weighted by atomic mass is 10.0. The second-order valence-corrected chi connectivity index (χ2v) is 5.73. The van der Waals surface area contributed by atoms with Crippen molar-refractivity contribution in [3.05, 3.63) is 53.6 Å². The van der Waals surface area contributed by atoms with E-state index in [9.17, 15) is 0 Å². The van der Waals surface area contributed by atoms with Crippen LogP contribution in [0.1, 0.15) is 11.1 Å². The van der Waals surface area contributed by atoms with Gasteiger partial charge in [-0.05, 0) is 43.7 Å². The highest BCUT2D eigenvalue weighted by molar-refractivity contribution is 5.80. The fourth-order valence-corrected chi connectivity index (χ4v) is 3.09. The van der Waals surface area contributed by atoms with Crippen molar-refractivity contribution in [2.24, 2.45) is 5.73 Å². The third kappa shape index (κ3) is 2.61. The number of rotatable bonds is 3. The number of para-hydroxylation sites is 2. The van der Waals surface area contributed by atoms with Crippen molar-refractivity contribution in [3.8, 4) is 0 Å². The fraction of sp³-hybridized carbons (Fsp3) is 0.333. The fourth-order valence-electron chi connectivity index (χ4n) is 3.09. The van der Waals surface area contributed by atoms with E-state index in [0.29, 0.717) is 6.54 Å². The van der Waals surface area contributed by atoms with Crippen LogP contribution in [0.5, 0.6) is 0 Å². The lowest BCUT2D eigenvalue weighted by Crippen LogP contribution is -2.36. The van der Waals surface area contributed by atoms with Gasteiger partial charge in [-0.25, -0.2) is 0 Å². The number of aryl methyl sites for hydroxylation is 1. The van der Waals surface area contributed by atoms with Crippen molar-refractivity contribution >= 4 is 17.1 Å². The van der Waals surface area contributed by atoms with Gasteiger partial charge in [-0.1, -0.05) is 29.8 Å². The molecule has 1 aliphatic heterocycles. The SMILES string of the molecule is Cc1ccc(N2CCN(C)c3ccccc32)c(CCN)c1. The van der Waals surface area contributed by atoms with Crippen LogP contribution in [0.15, 0.2) is 42.5 Å². The van der Waals surface area contributed by atoms with Gasteiger partial charge in [-0.15, -0.1) is 0 Å². The molecule has 3 heteroatoms. The lowest BCUT2D eigenvalue weighted by molar-refractivity contribution is 0.815. The predicted octanol–water partition coefficient (Wildman–Crippen LogP) is 3.08. The Kier molecular flexibility index (Phi) is 3.84. The normalized spacial score (nSPS) is 14.2. The van der Waals surface area contributed by atoms with Crippen LogP contribution in [-0.4, -0.2) is 26.7 Å². The molecule has 0 unspecified atom stereocenters. The number of nitrogens with zero attached hydrogens (tertiary/aromatic N) is 2. The molecule has 0 amide bonds. The van der Waals surface area contributed by atoms with Crippen LogP contribution in [0.4, 0.5) is 17.1 Å². The highest BCUT2D eigenvalue weighted by Crippen LogP contribution is 2.38. The molecule has 21 heavy (non-hydrogen) atoms. The summed E-state index contributed by atoms with van der Waals surface area (Å²) in [6.07, 6.45) is 0.922. The summed E-state index contributed by atoms with van der Waals surface area (Å²) in [6.45, 7) is 4.87. The number of hydrogen-bond donors (Lipinski definition) is 1. The summed E-state index contributed by atoms with van der Waals surface area (Å²) in [5.74, 6) is 0. The van der Waals surface area contributed by atoms with Gasteiger partial charge < -0.3 is 15.5 Å². The second kappa shape index (κ2) is 5.78. The Bertz CT molecular complexity index is 636. The standard InChI is InChI=1S/C18H23N3/c1-14-7-8-16(15(13-14)9-10-19)21-12-11-20(2)17-5-3-4-6-18(17)21/h3-8,13H,9-12,19H2,1-2H3. The molecule has 1 heterocycles. The minimum atomic E-state index is 0.686. The molecule has 0 spiro atoms. The van der Waals surface area contributed by atoms with E-state index < -0.39 is 0 Å². The smallest absolute Gasteiger partial charge is 0.0649 e. The van der Waals surface area contributed by atoms with Crippen LogP contribution in [0.2, 0.25) is 0 Å². The van der Waals surface area contributed by atoms with E-state index >= 15 is 0 Å². The first-order chi connectivity index (χ1) is 10.2. The molecule has 0 radical (unpaired) electrons. The average molecular weight is 281 g/mol. The van der Waals surface area contributed by atoms with Gasteiger partial charge in [-0.2, -0.15) is 0 Å². The maximum absolute atomic E-state index is 5.80. The third-order valence-corrected chi connectivity index (χ3v) is 4.18. The van der Waals surface area contributed by atoms with Crippen molar-refractivity contribution in [1.29, 1.82) is 0 Å². The minimum Gasteiger partial charge on any atom is -0.371 e. The van der Waals surface area contributed by atoms with E-state index in [1.54, 1.807) is 0 Å². The number of benzene rings is 2. The highest BCUT2D eigenvalue weighted by Gasteiger charge is 2.22. The van der Waals surface area contributed by atoms with Crippen molar-refractivity contribution in [2.45, 2.75) is 13.3 Å². The monoisotopic (exact) mass is 281 g/mol. The summed E-state index contributed by atoms with van der Waals surface area (Å²) >= 11 is 0. The Hall–Kier alpha value is -2.00. The van der Waals surface area contributed by atoms with E-state index in [-0.39, 0.29) is 0 Å². The molecule has 0 saturated heterocycles. The molecule has 110 valence electrons. The van der Waals surface area contributed by atoms with Crippen LogP contribution in [0.3, 0.4) is 0 Å². The quantitative estimate of drug-likeness (QED) is 0.938. The molecular weight excluding hydrogens is 258 g/mol. The largest absolute Gasteiger partial charge is 0.371 e. The lowest BCUT2D eigenvalue weighted by Gasteiger charge is -2.38. The zero-order valence-electron chi connectivity index (χ0n) is 12.8. The minimum absolute atomic E-state index is 0.686. The third-order valence-electron chi connectivity index (χ3n) is 4.18. The van der Waals surface area contributed by atoms with E-state index in [2.05, 4.69) is 66.2 Å². The predicted molar refractivity (Wildman–Crippen MR) is 90.7 cm³/mol. The molecular formula is C18H23N3. The molecule has 2 aromatic carbocycles. The molecule has 3 rings (SSSR count). The highest BCUT2D eigenvalue weighted by atomic mass is 15.3.